The van der Waals surface area contributed by atoms with E-state index in [0.717, 1.165) is 12.3 Å². The summed E-state index contributed by atoms with van der Waals surface area (Å²) in [5.74, 6) is 1.79. The minimum atomic E-state index is 0.305. The second-order valence-electron chi connectivity index (χ2n) is 3.84. The SMILES string of the molecule is N#CC1CC2C=CCC(C2)C1I. The van der Waals surface area contributed by atoms with Crippen molar-refractivity contribution in [3.8, 4) is 6.07 Å². The lowest BCUT2D eigenvalue weighted by Crippen LogP contribution is -2.33. The molecule has 0 N–H and O–H groups in total. The normalized spacial score (nSPS) is 45.3. The van der Waals surface area contributed by atoms with Gasteiger partial charge in [0.1, 0.15) is 0 Å². The van der Waals surface area contributed by atoms with Gasteiger partial charge in [-0.05, 0) is 31.1 Å². The van der Waals surface area contributed by atoms with E-state index in [0.29, 0.717) is 15.8 Å². The maximum absolute atomic E-state index is 8.94. The van der Waals surface area contributed by atoms with Crippen molar-refractivity contribution in [3.05, 3.63) is 12.2 Å². The second kappa shape index (κ2) is 3.37. The molecule has 0 amide bonds. The molecule has 4 atom stereocenters. The Morgan fingerprint density at radius 3 is 3.00 bits per heavy atom. The monoisotopic (exact) mass is 273 g/mol. The summed E-state index contributed by atoms with van der Waals surface area (Å²) in [6.45, 7) is 0. The highest BCUT2D eigenvalue weighted by Crippen LogP contribution is 2.42. The molecule has 0 heterocycles. The van der Waals surface area contributed by atoms with Gasteiger partial charge >= 0.3 is 0 Å². The highest BCUT2D eigenvalue weighted by Gasteiger charge is 2.36. The van der Waals surface area contributed by atoms with Crippen molar-refractivity contribution in [2.75, 3.05) is 0 Å². The van der Waals surface area contributed by atoms with Gasteiger partial charge in [0.2, 0.25) is 0 Å². The Bertz CT molecular complexity index is 241. The van der Waals surface area contributed by atoms with Gasteiger partial charge in [-0.25, -0.2) is 0 Å². The number of fused-ring (bicyclic) bond motifs is 2. The van der Waals surface area contributed by atoms with E-state index in [1.54, 1.807) is 0 Å². The average Bonchev–Trinajstić information content (AvgIpc) is 2.12. The van der Waals surface area contributed by atoms with Crippen LogP contribution in [0.15, 0.2) is 12.2 Å². The Morgan fingerprint density at radius 2 is 2.25 bits per heavy atom. The number of nitriles is 1. The van der Waals surface area contributed by atoms with Gasteiger partial charge < -0.3 is 0 Å². The highest BCUT2D eigenvalue weighted by molar-refractivity contribution is 14.1. The second-order valence-corrected chi connectivity index (χ2v) is 5.27. The highest BCUT2D eigenvalue weighted by atomic mass is 127. The summed E-state index contributed by atoms with van der Waals surface area (Å²) in [6, 6.07) is 2.44. The summed E-state index contributed by atoms with van der Waals surface area (Å²) in [5, 5.41) is 8.94. The summed E-state index contributed by atoms with van der Waals surface area (Å²) in [5.41, 5.74) is 0. The molecule has 0 aromatic rings. The average molecular weight is 273 g/mol. The summed E-state index contributed by atoms with van der Waals surface area (Å²) >= 11 is 2.47. The Morgan fingerprint density at radius 1 is 1.42 bits per heavy atom. The van der Waals surface area contributed by atoms with Crippen LogP contribution in [0.4, 0.5) is 0 Å². The third-order valence-corrected chi connectivity index (χ3v) is 4.89. The quantitative estimate of drug-likeness (QED) is 0.378. The molecule has 0 aromatic carbocycles. The van der Waals surface area contributed by atoms with E-state index < -0.39 is 0 Å². The van der Waals surface area contributed by atoms with Crippen molar-refractivity contribution < 1.29 is 0 Å². The molecule has 0 saturated heterocycles. The molecular weight excluding hydrogens is 261 g/mol. The van der Waals surface area contributed by atoms with Gasteiger partial charge in [0.15, 0.2) is 0 Å². The Kier molecular flexibility index (Phi) is 2.40. The fourth-order valence-electron chi connectivity index (χ4n) is 2.35. The molecule has 2 bridgehead atoms. The molecule has 1 nitrogen and oxygen atoms in total. The van der Waals surface area contributed by atoms with E-state index in [-0.39, 0.29) is 0 Å². The zero-order valence-electron chi connectivity index (χ0n) is 6.91. The van der Waals surface area contributed by atoms with Crippen LogP contribution in [0, 0.1) is 29.1 Å². The molecule has 1 fully saturated rings. The van der Waals surface area contributed by atoms with Crippen LogP contribution in [0.25, 0.3) is 0 Å². The molecule has 1 saturated carbocycles. The predicted octanol–water partition coefficient (Wildman–Crippen LogP) is 2.92. The maximum atomic E-state index is 8.94. The Hall–Kier alpha value is -0.0400. The third kappa shape index (κ3) is 1.39. The number of allylic oxidation sites excluding steroid dienone is 2. The van der Waals surface area contributed by atoms with E-state index in [1.807, 2.05) is 0 Å². The van der Waals surface area contributed by atoms with Crippen molar-refractivity contribution >= 4 is 22.6 Å². The first-order valence-electron chi connectivity index (χ1n) is 4.51. The minimum absolute atomic E-state index is 0.305. The maximum Gasteiger partial charge on any atom is 0.0667 e. The lowest BCUT2D eigenvalue weighted by atomic mass is 9.71. The van der Waals surface area contributed by atoms with Gasteiger partial charge in [0, 0.05) is 3.92 Å². The lowest BCUT2D eigenvalue weighted by Gasteiger charge is -2.37. The number of alkyl halides is 1. The number of nitrogens with zero attached hydrogens (tertiary/aromatic N) is 1. The van der Waals surface area contributed by atoms with Crippen LogP contribution < -0.4 is 0 Å². The number of hydrogen-bond donors (Lipinski definition) is 0. The fourth-order valence-corrected chi connectivity index (χ4v) is 3.39. The molecule has 64 valence electrons. The van der Waals surface area contributed by atoms with Crippen molar-refractivity contribution in [1.82, 2.24) is 0 Å². The number of hydrogen-bond acceptors (Lipinski definition) is 1. The number of rotatable bonds is 0. The standard InChI is InChI=1S/C10H12IN/c11-10-8-3-1-2-7(4-8)5-9(10)6-12/h1-2,7-10H,3-5H2. The third-order valence-electron chi connectivity index (χ3n) is 3.01. The lowest BCUT2D eigenvalue weighted by molar-refractivity contribution is 0.269. The molecular formula is C10H12IN. The van der Waals surface area contributed by atoms with Crippen LogP contribution in [-0.2, 0) is 0 Å². The van der Waals surface area contributed by atoms with E-state index in [9.17, 15) is 0 Å². The molecule has 2 aliphatic rings. The summed E-state index contributed by atoms with van der Waals surface area (Å²) < 4.78 is 0.591. The first kappa shape index (κ1) is 8.55. The molecule has 2 aliphatic carbocycles. The van der Waals surface area contributed by atoms with Crippen molar-refractivity contribution in [2.24, 2.45) is 17.8 Å². The van der Waals surface area contributed by atoms with Gasteiger partial charge in [-0.2, -0.15) is 5.26 Å². The van der Waals surface area contributed by atoms with E-state index in [4.69, 9.17) is 5.26 Å². The van der Waals surface area contributed by atoms with Crippen molar-refractivity contribution in [2.45, 2.75) is 23.2 Å². The smallest absolute Gasteiger partial charge is 0.0667 e. The van der Waals surface area contributed by atoms with Crippen LogP contribution in [0.2, 0.25) is 0 Å². The predicted molar refractivity (Wildman–Crippen MR) is 56.9 cm³/mol. The van der Waals surface area contributed by atoms with Crippen molar-refractivity contribution in [1.29, 1.82) is 5.26 Å². The van der Waals surface area contributed by atoms with Gasteiger partial charge in [-0.15, -0.1) is 0 Å². The zero-order chi connectivity index (χ0) is 8.55. The fraction of sp³-hybridized carbons (Fsp3) is 0.700. The molecule has 0 radical (unpaired) electrons. The molecule has 2 rings (SSSR count). The van der Waals surface area contributed by atoms with Crippen LogP contribution in [-0.4, -0.2) is 3.92 Å². The van der Waals surface area contributed by atoms with E-state index >= 15 is 0 Å². The summed E-state index contributed by atoms with van der Waals surface area (Å²) in [7, 11) is 0. The summed E-state index contributed by atoms with van der Waals surface area (Å²) in [6.07, 6.45) is 8.23. The Labute approximate surface area is 87.0 Å². The molecule has 0 aliphatic heterocycles. The molecule has 0 spiro atoms. The largest absolute Gasteiger partial charge is 0.198 e. The van der Waals surface area contributed by atoms with Crippen LogP contribution in [0.3, 0.4) is 0 Å². The minimum Gasteiger partial charge on any atom is -0.198 e. The molecule has 4 unspecified atom stereocenters. The molecule has 2 heteroatoms. The first-order chi connectivity index (χ1) is 5.81. The topological polar surface area (TPSA) is 23.8 Å². The molecule has 0 aromatic heterocycles. The van der Waals surface area contributed by atoms with E-state index in [2.05, 4.69) is 40.8 Å². The van der Waals surface area contributed by atoms with Gasteiger partial charge in [-0.1, -0.05) is 34.7 Å². The van der Waals surface area contributed by atoms with Crippen LogP contribution in [0.5, 0.6) is 0 Å². The summed E-state index contributed by atoms with van der Waals surface area (Å²) in [4.78, 5) is 0. The van der Waals surface area contributed by atoms with E-state index in [1.165, 1.54) is 12.8 Å². The van der Waals surface area contributed by atoms with Crippen molar-refractivity contribution in [3.63, 3.8) is 0 Å². The number of halogens is 1. The van der Waals surface area contributed by atoms with Crippen LogP contribution in [0.1, 0.15) is 19.3 Å². The Balaban J connectivity index is 2.17. The van der Waals surface area contributed by atoms with Crippen LogP contribution >= 0.6 is 22.6 Å². The van der Waals surface area contributed by atoms with Gasteiger partial charge in [-0.3, -0.25) is 0 Å². The zero-order valence-corrected chi connectivity index (χ0v) is 9.07. The molecule has 12 heavy (non-hydrogen) atoms. The van der Waals surface area contributed by atoms with Gasteiger partial charge in [0.25, 0.3) is 0 Å². The van der Waals surface area contributed by atoms with Gasteiger partial charge in [0.05, 0.1) is 12.0 Å². The first-order valence-corrected chi connectivity index (χ1v) is 5.76.